The number of rotatable bonds is 3. The van der Waals surface area contributed by atoms with Gasteiger partial charge in [0.25, 0.3) is 0 Å². The van der Waals surface area contributed by atoms with Gasteiger partial charge in [0.05, 0.1) is 17.4 Å². The molecule has 0 bridgehead atoms. The summed E-state index contributed by atoms with van der Waals surface area (Å²) in [5.41, 5.74) is 1.14. The molecule has 2 rings (SSSR count). The van der Waals surface area contributed by atoms with E-state index in [1.165, 1.54) is 0 Å². The van der Waals surface area contributed by atoms with Crippen LogP contribution in [0.3, 0.4) is 0 Å². The van der Waals surface area contributed by atoms with Crippen molar-refractivity contribution in [2.24, 2.45) is 0 Å². The van der Waals surface area contributed by atoms with Crippen LogP contribution in [0.15, 0.2) is 5.38 Å². The van der Waals surface area contributed by atoms with Gasteiger partial charge in [0.15, 0.2) is 5.13 Å². The topological polar surface area (TPSA) is 37.4 Å². The summed E-state index contributed by atoms with van der Waals surface area (Å²) in [7, 11) is 0. The Labute approximate surface area is 126 Å². The van der Waals surface area contributed by atoms with Crippen molar-refractivity contribution in [1.82, 2.24) is 10.3 Å². The Kier molecular flexibility index (Phi) is 4.42. The van der Waals surface area contributed by atoms with Crippen LogP contribution in [0.4, 0.5) is 5.13 Å². The molecule has 20 heavy (non-hydrogen) atoms. The van der Waals surface area contributed by atoms with E-state index in [-0.39, 0.29) is 17.2 Å². The Balaban J connectivity index is 2.01. The van der Waals surface area contributed by atoms with E-state index in [1.54, 1.807) is 11.3 Å². The molecular formula is C15H27N3OS. The van der Waals surface area contributed by atoms with Crippen LogP contribution in [-0.2, 0) is 11.3 Å². The number of nitrogens with zero attached hydrogens (tertiary/aromatic N) is 2. The number of hydrogen-bond acceptors (Lipinski definition) is 5. The third-order valence-corrected chi connectivity index (χ3v) is 4.13. The van der Waals surface area contributed by atoms with Crippen LogP contribution in [0, 0.1) is 0 Å². The van der Waals surface area contributed by atoms with Gasteiger partial charge >= 0.3 is 0 Å². The number of ether oxygens (including phenoxy) is 1. The third kappa shape index (κ3) is 4.43. The molecule has 1 aromatic rings. The van der Waals surface area contributed by atoms with Crippen LogP contribution in [0.2, 0.25) is 0 Å². The second-order valence-electron chi connectivity index (χ2n) is 7.29. The summed E-state index contributed by atoms with van der Waals surface area (Å²) in [6, 6.07) is 0. The average molecular weight is 297 g/mol. The quantitative estimate of drug-likeness (QED) is 0.930. The van der Waals surface area contributed by atoms with Crippen molar-refractivity contribution in [3.05, 3.63) is 11.1 Å². The van der Waals surface area contributed by atoms with Gasteiger partial charge in [0, 0.05) is 30.6 Å². The second kappa shape index (κ2) is 5.62. The lowest BCUT2D eigenvalue weighted by atomic mass is 10.1. The minimum Gasteiger partial charge on any atom is -0.369 e. The standard InChI is InChI=1S/C15H27N3OS/c1-11-8-18(10-15(5,6)19-11)13-17-12(9-20-13)7-16-14(2,3)4/h9,11,16H,7-8,10H2,1-6H3. The van der Waals surface area contributed by atoms with Crippen LogP contribution >= 0.6 is 11.3 Å². The molecule has 0 radical (unpaired) electrons. The van der Waals surface area contributed by atoms with Gasteiger partial charge in [-0.05, 0) is 41.5 Å². The van der Waals surface area contributed by atoms with Crippen molar-refractivity contribution in [1.29, 1.82) is 0 Å². The summed E-state index contributed by atoms with van der Waals surface area (Å²) in [6.45, 7) is 15.6. The number of morpholine rings is 1. The Bertz CT molecular complexity index is 450. The third-order valence-electron chi connectivity index (χ3n) is 3.18. The summed E-state index contributed by atoms with van der Waals surface area (Å²) in [4.78, 5) is 7.11. The number of anilines is 1. The highest BCUT2D eigenvalue weighted by molar-refractivity contribution is 7.13. The first-order chi connectivity index (χ1) is 9.15. The number of nitrogens with one attached hydrogen (secondary N) is 1. The second-order valence-corrected chi connectivity index (χ2v) is 8.13. The van der Waals surface area contributed by atoms with E-state index in [0.717, 1.165) is 30.5 Å². The lowest BCUT2D eigenvalue weighted by Gasteiger charge is -2.41. The van der Waals surface area contributed by atoms with Crippen molar-refractivity contribution < 1.29 is 4.74 Å². The van der Waals surface area contributed by atoms with E-state index < -0.39 is 0 Å². The van der Waals surface area contributed by atoms with Gasteiger partial charge in [-0.2, -0.15) is 0 Å². The fourth-order valence-electron chi connectivity index (χ4n) is 2.48. The van der Waals surface area contributed by atoms with E-state index in [9.17, 15) is 0 Å². The van der Waals surface area contributed by atoms with Crippen LogP contribution in [0.1, 0.15) is 47.2 Å². The van der Waals surface area contributed by atoms with Crippen molar-refractivity contribution in [3.8, 4) is 0 Å². The normalized spacial score (nSPS) is 23.1. The average Bonchev–Trinajstić information content (AvgIpc) is 2.71. The smallest absolute Gasteiger partial charge is 0.185 e. The highest BCUT2D eigenvalue weighted by Gasteiger charge is 2.32. The van der Waals surface area contributed by atoms with Gasteiger partial charge < -0.3 is 15.0 Å². The molecule has 1 atom stereocenters. The molecule has 1 aliphatic heterocycles. The molecule has 0 spiro atoms. The summed E-state index contributed by atoms with van der Waals surface area (Å²) in [5, 5.41) is 6.74. The van der Waals surface area contributed by atoms with Crippen molar-refractivity contribution in [3.63, 3.8) is 0 Å². The summed E-state index contributed by atoms with van der Waals surface area (Å²) in [5.74, 6) is 0. The van der Waals surface area contributed by atoms with E-state index in [4.69, 9.17) is 9.72 Å². The van der Waals surface area contributed by atoms with Crippen LogP contribution in [-0.4, -0.2) is 35.3 Å². The molecule has 1 aromatic heterocycles. The lowest BCUT2D eigenvalue weighted by molar-refractivity contribution is -0.0749. The predicted molar refractivity (Wildman–Crippen MR) is 85.5 cm³/mol. The van der Waals surface area contributed by atoms with E-state index in [1.807, 2.05) is 0 Å². The fraction of sp³-hybridized carbons (Fsp3) is 0.800. The molecule has 4 nitrogen and oxygen atoms in total. The highest BCUT2D eigenvalue weighted by atomic mass is 32.1. The largest absolute Gasteiger partial charge is 0.369 e. The fourth-order valence-corrected chi connectivity index (χ4v) is 3.31. The molecule has 1 fully saturated rings. The number of hydrogen-bond donors (Lipinski definition) is 1. The van der Waals surface area contributed by atoms with Gasteiger partial charge in [-0.1, -0.05) is 0 Å². The monoisotopic (exact) mass is 297 g/mol. The van der Waals surface area contributed by atoms with Crippen LogP contribution < -0.4 is 10.2 Å². The van der Waals surface area contributed by atoms with Gasteiger partial charge in [-0.25, -0.2) is 4.98 Å². The molecule has 2 heterocycles. The van der Waals surface area contributed by atoms with E-state index in [2.05, 4.69) is 57.1 Å². The maximum absolute atomic E-state index is 5.95. The molecule has 1 unspecified atom stereocenters. The van der Waals surface area contributed by atoms with Crippen LogP contribution in [0.25, 0.3) is 0 Å². The Morgan fingerprint density at radius 3 is 2.80 bits per heavy atom. The zero-order valence-corrected chi connectivity index (χ0v) is 14.3. The number of aromatic nitrogens is 1. The molecule has 0 amide bonds. The zero-order chi connectivity index (χ0) is 15.0. The lowest BCUT2D eigenvalue weighted by Crippen LogP contribution is -2.52. The molecular weight excluding hydrogens is 270 g/mol. The van der Waals surface area contributed by atoms with E-state index >= 15 is 0 Å². The molecule has 0 saturated carbocycles. The molecule has 1 N–H and O–H groups in total. The van der Waals surface area contributed by atoms with Gasteiger partial charge in [0.2, 0.25) is 0 Å². The SMILES string of the molecule is CC1CN(c2nc(CNC(C)(C)C)cs2)CC(C)(C)O1. The van der Waals surface area contributed by atoms with Crippen LogP contribution in [0.5, 0.6) is 0 Å². The first-order valence-electron chi connectivity index (χ1n) is 7.27. The van der Waals surface area contributed by atoms with Gasteiger partial charge in [-0.3, -0.25) is 0 Å². The summed E-state index contributed by atoms with van der Waals surface area (Å²) < 4.78 is 5.95. The maximum atomic E-state index is 5.95. The number of thiazole rings is 1. The van der Waals surface area contributed by atoms with Gasteiger partial charge in [-0.15, -0.1) is 11.3 Å². The summed E-state index contributed by atoms with van der Waals surface area (Å²) >= 11 is 1.73. The predicted octanol–water partition coefficient (Wildman–Crippen LogP) is 3.03. The first kappa shape index (κ1) is 15.7. The Morgan fingerprint density at radius 2 is 2.20 bits per heavy atom. The molecule has 0 aromatic carbocycles. The maximum Gasteiger partial charge on any atom is 0.185 e. The molecule has 5 heteroatoms. The Morgan fingerprint density at radius 1 is 1.50 bits per heavy atom. The van der Waals surface area contributed by atoms with Gasteiger partial charge in [0.1, 0.15) is 0 Å². The first-order valence-corrected chi connectivity index (χ1v) is 8.15. The Hall–Kier alpha value is -0.650. The molecule has 1 aliphatic rings. The van der Waals surface area contributed by atoms with Crippen molar-refractivity contribution >= 4 is 16.5 Å². The zero-order valence-electron chi connectivity index (χ0n) is 13.5. The molecule has 114 valence electrons. The molecule has 1 saturated heterocycles. The minimum atomic E-state index is -0.104. The van der Waals surface area contributed by atoms with Crippen molar-refractivity contribution in [2.45, 2.75) is 65.3 Å². The summed E-state index contributed by atoms with van der Waals surface area (Å²) in [6.07, 6.45) is 0.249. The van der Waals surface area contributed by atoms with Crippen molar-refractivity contribution in [2.75, 3.05) is 18.0 Å². The minimum absolute atomic E-state index is 0.104. The molecule has 0 aliphatic carbocycles. The highest BCUT2D eigenvalue weighted by Crippen LogP contribution is 2.28. The van der Waals surface area contributed by atoms with E-state index in [0.29, 0.717) is 0 Å².